The van der Waals surface area contributed by atoms with Gasteiger partial charge < -0.3 is 9.73 Å². The van der Waals surface area contributed by atoms with Crippen LogP contribution in [0.1, 0.15) is 17.3 Å². The van der Waals surface area contributed by atoms with E-state index >= 15 is 0 Å². The third-order valence-corrected chi connectivity index (χ3v) is 2.66. The van der Waals surface area contributed by atoms with Crippen LogP contribution in [-0.4, -0.2) is 9.91 Å². The number of rotatable bonds is 4. The third-order valence-electron chi connectivity index (χ3n) is 2.66. The molecule has 1 heterocycles. The minimum absolute atomic E-state index is 0.196. The van der Waals surface area contributed by atoms with E-state index in [4.69, 9.17) is 4.42 Å². The topological polar surface area (TPSA) is 81.2 Å². The van der Waals surface area contributed by atoms with Gasteiger partial charge in [0.15, 0.2) is 0 Å². The Morgan fingerprint density at radius 1 is 1.47 bits per heavy atom. The number of anilines is 1. The molecule has 1 N–H and O–H groups in total. The fraction of sp³-hybridized carbons (Fsp3) is 0.250. The predicted molar refractivity (Wildman–Crippen MR) is 66.4 cm³/mol. The van der Waals surface area contributed by atoms with Crippen LogP contribution in [0.2, 0.25) is 0 Å². The van der Waals surface area contributed by atoms with E-state index in [1.54, 1.807) is 6.92 Å². The number of hydrogen-bond acceptors (Lipinski definition) is 5. The van der Waals surface area contributed by atoms with Crippen molar-refractivity contribution < 1.29 is 13.7 Å². The Bertz CT molecular complexity index is 605. The Labute approximate surface area is 108 Å². The number of nitro benzene ring substituents is 1. The van der Waals surface area contributed by atoms with Crippen molar-refractivity contribution in [3.63, 3.8) is 0 Å². The fourth-order valence-corrected chi connectivity index (χ4v) is 1.59. The quantitative estimate of drug-likeness (QED) is 0.679. The van der Waals surface area contributed by atoms with Gasteiger partial charge in [-0.1, -0.05) is 0 Å². The van der Waals surface area contributed by atoms with Gasteiger partial charge in [0.25, 0.3) is 5.69 Å². The van der Waals surface area contributed by atoms with Crippen LogP contribution in [0.3, 0.4) is 0 Å². The van der Waals surface area contributed by atoms with Gasteiger partial charge in [-0.15, -0.1) is 0 Å². The van der Waals surface area contributed by atoms with Crippen molar-refractivity contribution in [3.8, 4) is 0 Å². The number of hydrogen-bond donors (Lipinski definition) is 1. The molecule has 7 heteroatoms. The number of nitro groups is 1. The second-order valence-electron chi connectivity index (χ2n) is 4.02. The minimum atomic E-state index is -0.653. The van der Waals surface area contributed by atoms with Crippen molar-refractivity contribution in [2.45, 2.75) is 20.4 Å². The highest BCUT2D eigenvalue weighted by Crippen LogP contribution is 2.25. The number of aromatic nitrogens is 1. The molecule has 0 saturated carbocycles. The van der Waals surface area contributed by atoms with Crippen LogP contribution in [0.25, 0.3) is 0 Å². The number of nitrogens with one attached hydrogen (secondary N) is 1. The second-order valence-corrected chi connectivity index (χ2v) is 4.02. The largest absolute Gasteiger partial charge is 0.444 e. The lowest BCUT2D eigenvalue weighted by Gasteiger charge is -2.04. The van der Waals surface area contributed by atoms with Gasteiger partial charge in [-0.25, -0.2) is 9.37 Å². The molecular weight excluding hydrogens is 253 g/mol. The van der Waals surface area contributed by atoms with E-state index in [2.05, 4.69) is 10.3 Å². The zero-order valence-corrected chi connectivity index (χ0v) is 10.4. The summed E-state index contributed by atoms with van der Waals surface area (Å²) in [5, 5.41) is 13.6. The first-order valence-corrected chi connectivity index (χ1v) is 5.58. The SMILES string of the molecule is Cc1nc(CNc2ccc(F)cc2[N+](=O)[O-])oc1C. The summed E-state index contributed by atoms with van der Waals surface area (Å²) in [5.41, 5.74) is 0.672. The molecule has 19 heavy (non-hydrogen) atoms. The van der Waals surface area contributed by atoms with E-state index in [9.17, 15) is 14.5 Å². The van der Waals surface area contributed by atoms with E-state index in [1.807, 2.05) is 6.92 Å². The summed E-state index contributed by atoms with van der Waals surface area (Å²) in [5.74, 6) is 0.471. The summed E-state index contributed by atoms with van der Waals surface area (Å²) >= 11 is 0. The highest BCUT2D eigenvalue weighted by molar-refractivity contribution is 5.61. The fourth-order valence-electron chi connectivity index (χ4n) is 1.59. The van der Waals surface area contributed by atoms with Crippen LogP contribution in [0.4, 0.5) is 15.8 Å². The van der Waals surface area contributed by atoms with Gasteiger partial charge in [0, 0.05) is 0 Å². The average molecular weight is 265 g/mol. The molecule has 0 spiro atoms. The molecule has 2 rings (SSSR count). The Morgan fingerprint density at radius 2 is 2.21 bits per heavy atom. The number of halogens is 1. The van der Waals surface area contributed by atoms with Gasteiger partial charge in [-0.3, -0.25) is 10.1 Å². The van der Waals surface area contributed by atoms with Crippen molar-refractivity contribution in [1.82, 2.24) is 4.98 Å². The van der Waals surface area contributed by atoms with Crippen LogP contribution in [-0.2, 0) is 6.54 Å². The van der Waals surface area contributed by atoms with E-state index in [0.29, 0.717) is 11.7 Å². The predicted octanol–water partition coefficient (Wildman–Crippen LogP) is 2.95. The summed E-state index contributed by atoms with van der Waals surface area (Å²) in [7, 11) is 0. The van der Waals surface area contributed by atoms with Crippen molar-refractivity contribution in [1.29, 1.82) is 0 Å². The molecule has 0 unspecified atom stereocenters. The zero-order chi connectivity index (χ0) is 14.0. The first kappa shape index (κ1) is 13.0. The molecule has 1 aromatic heterocycles. The van der Waals surface area contributed by atoms with Crippen LogP contribution in [0.15, 0.2) is 22.6 Å². The molecule has 100 valence electrons. The first-order valence-electron chi connectivity index (χ1n) is 5.58. The van der Waals surface area contributed by atoms with Crippen molar-refractivity contribution in [2.24, 2.45) is 0 Å². The molecule has 0 atom stereocenters. The molecule has 1 aromatic carbocycles. The smallest absolute Gasteiger partial charge is 0.295 e. The summed E-state index contributed by atoms with van der Waals surface area (Å²) in [4.78, 5) is 14.3. The van der Waals surface area contributed by atoms with Crippen LogP contribution < -0.4 is 5.32 Å². The lowest BCUT2D eigenvalue weighted by Crippen LogP contribution is -2.03. The molecule has 6 nitrogen and oxygen atoms in total. The maximum absolute atomic E-state index is 13.0. The van der Waals surface area contributed by atoms with E-state index in [1.165, 1.54) is 6.07 Å². The molecule has 0 saturated heterocycles. The molecule has 0 aliphatic carbocycles. The van der Waals surface area contributed by atoms with Crippen molar-refractivity contribution in [3.05, 3.63) is 51.5 Å². The van der Waals surface area contributed by atoms with Gasteiger partial charge in [0.1, 0.15) is 17.3 Å². The first-order chi connectivity index (χ1) is 8.97. The number of oxazole rings is 1. The molecule has 0 fully saturated rings. The van der Waals surface area contributed by atoms with Gasteiger partial charge >= 0.3 is 0 Å². The maximum Gasteiger partial charge on any atom is 0.295 e. The van der Waals surface area contributed by atoms with E-state index < -0.39 is 10.7 Å². The Balaban J connectivity index is 2.17. The standard InChI is InChI=1S/C12H12FN3O3/c1-7-8(2)19-12(15-7)6-14-10-4-3-9(13)5-11(10)16(17)18/h3-5,14H,6H2,1-2H3. The molecule has 0 aliphatic rings. The number of benzene rings is 1. The Hall–Kier alpha value is -2.44. The average Bonchev–Trinajstić information content (AvgIpc) is 2.67. The summed E-state index contributed by atoms with van der Waals surface area (Å²) < 4.78 is 18.3. The van der Waals surface area contributed by atoms with Crippen LogP contribution >= 0.6 is 0 Å². The molecule has 0 radical (unpaired) electrons. The summed E-state index contributed by atoms with van der Waals surface area (Å²) in [6.45, 7) is 3.79. The van der Waals surface area contributed by atoms with Gasteiger partial charge in [0.2, 0.25) is 5.89 Å². The van der Waals surface area contributed by atoms with Crippen LogP contribution in [0.5, 0.6) is 0 Å². The summed E-state index contributed by atoms with van der Waals surface area (Å²) in [6, 6.07) is 3.34. The number of aryl methyl sites for hydroxylation is 2. The van der Waals surface area contributed by atoms with Gasteiger partial charge in [-0.2, -0.15) is 0 Å². The van der Waals surface area contributed by atoms with Gasteiger partial charge in [-0.05, 0) is 26.0 Å². The highest BCUT2D eigenvalue weighted by atomic mass is 19.1. The second kappa shape index (κ2) is 5.05. The van der Waals surface area contributed by atoms with Crippen LogP contribution in [0, 0.1) is 29.8 Å². The Morgan fingerprint density at radius 3 is 2.79 bits per heavy atom. The van der Waals surface area contributed by atoms with E-state index in [-0.39, 0.29) is 17.9 Å². The Kier molecular flexibility index (Phi) is 3.46. The monoisotopic (exact) mass is 265 g/mol. The highest BCUT2D eigenvalue weighted by Gasteiger charge is 2.15. The molecule has 0 aliphatic heterocycles. The van der Waals surface area contributed by atoms with Crippen molar-refractivity contribution >= 4 is 11.4 Å². The lowest BCUT2D eigenvalue weighted by molar-refractivity contribution is -0.384. The number of nitrogens with zero attached hydrogens (tertiary/aromatic N) is 2. The van der Waals surface area contributed by atoms with Gasteiger partial charge in [0.05, 0.1) is 23.2 Å². The molecule has 0 bridgehead atoms. The third kappa shape index (κ3) is 2.87. The minimum Gasteiger partial charge on any atom is -0.444 e. The zero-order valence-electron chi connectivity index (χ0n) is 10.4. The normalized spacial score (nSPS) is 10.5. The molecule has 0 amide bonds. The summed E-state index contributed by atoms with van der Waals surface area (Å²) in [6.07, 6.45) is 0. The maximum atomic E-state index is 13.0. The van der Waals surface area contributed by atoms with Crippen molar-refractivity contribution in [2.75, 3.05) is 5.32 Å². The van der Waals surface area contributed by atoms with E-state index in [0.717, 1.165) is 17.8 Å². The molecule has 2 aromatic rings. The molecular formula is C12H12FN3O3. The lowest BCUT2D eigenvalue weighted by atomic mass is 10.2.